The van der Waals surface area contributed by atoms with Gasteiger partial charge >= 0.3 is 0 Å². The summed E-state index contributed by atoms with van der Waals surface area (Å²) in [7, 11) is 0. The van der Waals surface area contributed by atoms with Gasteiger partial charge in [0.1, 0.15) is 5.01 Å². The summed E-state index contributed by atoms with van der Waals surface area (Å²) in [5.41, 5.74) is 4.28. The summed E-state index contributed by atoms with van der Waals surface area (Å²) >= 11 is 1.53. The molecule has 4 heterocycles. The first-order valence-electron chi connectivity index (χ1n) is 10.1. The molecule has 2 N–H and O–H groups in total. The maximum atomic E-state index is 12.8. The highest BCUT2D eigenvalue weighted by molar-refractivity contribution is 7.13. The fourth-order valence-corrected chi connectivity index (χ4v) is 4.80. The Morgan fingerprint density at radius 3 is 2.90 bits per heavy atom. The Kier molecular flexibility index (Phi) is 5.16. The molecule has 4 aromatic rings. The summed E-state index contributed by atoms with van der Waals surface area (Å²) < 4.78 is 0. The number of hydrogen-bond donors (Lipinski definition) is 2. The van der Waals surface area contributed by atoms with Crippen molar-refractivity contribution >= 4 is 22.2 Å². The molecule has 1 saturated heterocycles. The number of piperazine rings is 1. The maximum Gasteiger partial charge on any atom is 0.257 e. The lowest BCUT2D eigenvalue weighted by atomic mass is 10.1. The third-order valence-corrected chi connectivity index (χ3v) is 6.37. The first-order valence-corrected chi connectivity index (χ1v) is 11.0. The van der Waals surface area contributed by atoms with Crippen molar-refractivity contribution in [2.75, 3.05) is 19.6 Å². The molecular weight excluding hydrogens is 394 g/mol. The number of aromatic amines is 1. The lowest BCUT2D eigenvalue weighted by Crippen LogP contribution is -2.48. The number of benzene rings is 1. The Hall–Kier alpha value is -2.87. The van der Waals surface area contributed by atoms with Crippen LogP contribution in [0.25, 0.3) is 32.7 Å². The molecule has 152 valence electrons. The summed E-state index contributed by atoms with van der Waals surface area (Å²) in [4.78, 5) is 27.0. The van der Waals surface area contributed by atoms with Gasteiger partial charge in [-0.05, 0) is 42.1 Å². The highest BCUT2D eigenvalue weighted by Gasteiger charge is 2.16. The number of H-pyrrole nitrogens is 1. The molecule has 1 aliphatic heterocycles. The zero-order valence-electron chi connectivity index (χ0n) is 16.8. The van der Waals surface area contributed by atoms with E-state index in [-0.39, 0.29) is 5.56 Å². The van der Waals surface area contributed by atoms with Gasteiger partial charge in [0.2, 0.25) is 0 Å². The first kappa shape index (κ1) is 19.1. The number of nitrogens with zero attached hydrogens (tertiary/aromatic N) is 3. The molecule has 1 aromatic carbocycles. The van der Waals surface area contributed by atoms with Crippen LogP contribution in [0.5, 0.6) is 0 Å². The third-order valence-electron chi connectivity index (χ3n) is 5.48. The molecule has 6 nitrogen and oxygen atoms in total. The summed E-state index contributed by atoms with van der Waals surface area (Å²) in [6.45, 7) is 6.21. The van der Waals surface area contributed by atoms with Crippen LogP contribution < -0.4 is 10.9 Å². The Balaban J connectivity index is 1.43. The minimum atomic E-state index is -0.109. The molecule has 1 atom stereocenters. The lowest BCUT2D eigenvalue weighted by Gasteiger charge is -2.31. The number of rotatable bonds is 4. The van der Waals surface area contributed by atoms with E-state index in [9.17, 15) is 4.79 Å². The van der Waals surface area contributed by atoms with Crippen molar-refractivity contribution < 1.29 is 0 Å². The minimum Gasteiger partial charge on any atom is -0.321 e. The van der Waals surface area contributed by atoms with Crippen molar-refractivity contribution in [1.29, 1.82) is 0 Å². The van der Waals surface area contributed by atoms with Gasteiger partial charge in [-0.15, -0.1) is 11.3 Å². The molecule has 30 heavy (non-hydrogen) atoms. The van der Waals surface area contributed by atoms with Crippen LogP contribution in [0.3, 0.4) is 0 Å². The van der Waals surface area contributed by atoms with Crippen LogP contribution in [0.4, 0.5) is 0 Å². The molecule has 3 aromatic heterocycles. The van der Waals surface area contributed by atoms with E-state index < -0.39 is 0 Å². The smallest absolute Gasteiger partial charge is 0.257 e. The second-order valence-corrected chi connectivity index (χ2v) is 8.66. The Morgan fingerprint density at radius 2 is 2.07 bits per heavy atom. The summed E-state index contributed by atoms with van der Waals surface area (Å²) in [5.74, 6) is 0. The average Bonchev–Trinajstić information content (AvgIpc) is 3.24. The van der Waals surface area contributed by atoms with Crippen LogP contribution in [0.15, 0.2) is 59.0 Å². The van der Waals surface area contributed by atoms with Crippen molar-refractivity contribution in [2.24, 2.45) is 0 Å². The summed E-state index contributed by atoms with van der Waals surface area (Å²) in [5, 5.41) is 7.30. The standard InChI is InChI=1S/C23H23N5OS/c1-15-12-28(9-8-25-15)13-16-2-3-18-11-19(22(29)26-20(18)10-16)21-14-30-23(27-21)17-4-6-24-7-5-17/h2-7,10-11,14-15,25H,8-9,12-13H2,1H3,(H,26,29). The van der Waals surface area contributed by atoms with Crippen LogP contribution in [-0.2, 0) is 6.54 Å². The number of nitrogens with one attached hydrogen (secondary N) is 2. The fraction of sp³-hybridized carbons (Fsp3) is 0.261. The molecule has 5 rings (SSSR count). The van der Waals surface area contributed by atoms with Crippen LogP contribution in [0, 0.1) is 0 Å². The van der Waals surface area contributed by atoms with Gasteiger partial charge in [0, 0.05) is 61.1 Å². The maximum absolute atomic E-state index is 12.8. The molecule has 0 saturated carbocycles. The SMILES string of the molecule is CC1CN(Cc2ccc3cc(-c4csc(-c5ccncc5)n4)c(=O)[nH]c3c2)CCN1. The molecule has 0 radical (unpaired) electrons. The quantitative estimate of drug-likeness (QED) is 0.532. The topological polar surface area (TPSA) is 73.9 Å². The monoisotopic (exact) mass is 417 g/mol. The second-order valence-electron chi connectivity index (χ2n) is 7.80. The van der Waals surface area contributed by atoms with Gasteiger partial charge in [0.05, 0.1) is 11.3 Å². The van der Waals surface area contributed by atoms with E-state index in [0.717, 1.165) is 47.7 Å². The molecule has 0 bridgehead atoms. The number of hydrogen-bond acceptors (Lipinski definition) is 6. The molecule has 1 fully saturated rings. The predicted molar refractivity (Wildman–Crippen MR) is 122 cm³/mol. The van der Waals surface area contributed by atoms with E-state index in [1.165, 1.54) is 16.9 Å². The number of aromatic nitrogens is 3. The van der Waals surface area contributed by atoms with Crippen LogP contribution in [-0.4, -0.2) is 45.5 Å². The van der Waals surface area contributed by atoms with Crippen molar-refractivity contribution in [3.05, 3.63) is 70.1 Å². The van der Waals surface area contributed by atoms with Crippen LogP contribution >= 0.6 is 11.3 Å². The summed E-state index contributed by atoms with van der Waals surface area (Å²) in [6.07, 6.45) is 3.50. The second kappa shape index (κ2) is 8.10. The zero-order chi connectivity index (χ0) is 20.5. The van der Waals surface area contributed by atoms with E-state index in [1.54, 1.807) is 12.4 Å². The van der Waals surface area contributed by atoms with Gasteiger partial charge in [-0.1, -0.05) is 12.1 Å². The van der Waals surface area contributed by atoms with Gasteiger partial charge in [0.15, 0.2) is 0 Å². The van der Waals surface area contributed by atoms with E-state index in [1.807, 2.05) is 23.6 Å². The number of thiazole rings is 1. The predicted octanol–water partition coefficient (Wildman–Crippen LogP) is 3.51. The van der Waals surface area contributed by atoms with Crippen LogP contribution in [0.1, 0.15) is 12.5 Å². The Bertz CT molecular complexity index is 1230. The average molecular weight is 418 g/mol. The molecule has 0 spiro atoms. The Morgan fingerprint density at radius 1 is 1.20 bits per heavy atom. The van der Waals surface area contributed by atoms with Gasteiger partial charge in [-0.3, -0.25) is 14.7 Å². The van der Waals surface area contributed by atoms with Crippen LogP contribution in [0.2, 0.25) is 0 Å². The minimum absolute atomic E-state index is 0.109. The number of pyridine rings is 2. The highest BCUT2D eigenvalue weighted by atomic mass is 32.1. The third kappa shape index (κ3) is 3.92. The first-order chi connectivity index (χ1) is 14.7. The zero-order valence-corrected chi connectivity index (χ0v) is 17.6. The van der Waals surface area contributed by atoms with Gasteiger partial charge in [0.25, 0.3) is 5.56 Å². The van der Waals surface area contributed by atoms with Crippen molar-refractivity contribution in [1.82, 2.24) is 25.2 Å². The lowest BCUT2D eigenvalue weighted by molar-refractivity contribution is 0.200. The van der Waals surface area contributed by atoms with Crippen molar-refractivity contribution in [2.45, 2.75) is 19.5 Å². The molecule has 0 amide bonds. The van der Waals surface area contributed by atoms with E-state index in [0.29, 0.717) is 17.3 Å². The molecule has 0 aliphatic carbocycles. The van der Waals surface area contributed by atoms with Gasteiger partial charge in [-0.2, -0.15) is 0 Å². The largest absolute Gasteiger partial charge is 0.321 e. The van der Waals surface area contributed by atoms with Crippen molar-refractivity contribution in [3.63, 3.8) is 0 Å². The highest BCUT2D eigenvalue weighted by Crippen LogP contribution is 2.28. The molecule has 7 heteroatoms. The van der Waals surface area contributed by atoms with E-state index >= 15 is 0 Å². The molecule has 1 unspecified atom stereocenters. The molecular formula is C23H23N5OS. The summed E-state index contributed by atoms with van der Waals surface area (Å²) in [6, 6.07) is 12.6. The normalized spacial score (nSPS) is 17.4. The van der Waals surface area contributed by atoms with E-state index in [4.69, 9.17) is 0 Å². The molecule has 1 aliphatic rings. The van der Waals surface area contributed by atoms with Gasteiger partial charge < -0.3 is 10.3 Å². The number of fused-ring (bicyclic) bond motifs is 1. The van der Waals surface area contributed by atoms with Crippen molar-refractivity contribution in [3.8, 4) is 21.8 Å². The van der Waals surface area contributed by atoms with Gasteiger partial charge in [-0.25, -0.2) is 4.98 Å². The fourth-order valence-electron chi connectivity index (χ4n) is 3.98. The Labute approximate surface area is 178 Å². The van der Waals surface area contributed by atoms with E-state index in [2.05, 4.69) is 50.3 Å².